The molecule has 0 saturated heterocycles. The van der Waals surface area contributed by atoms with Crippen molar-refractivity contribution < 1.29 is 8.42 Å². The molecule has 182 valence electrons. The number of nitrogens with one attached hydrogen (secondary N) is 1. The normalized spacial score (nSPS) is 18.0. The van der Waals surface area contributed by atoms with Crippen LogP contribution in [0.2, 0.25) is 0 Å². The number of sulfone groups is 1. The number of rotatable bonds is 9. The van der Waals surface area contributed by atoms with Crippen LogP contribution in [0.15, 0.2) is 67.1 Å². The second-order valence-electron chi connectivity index (χ2n) is 9.60. The molecule has 1 saturated carbocycles. The Bertz CT molecular complexity index is 1430. The third-order valence-electron chi connectivity index (χ3n) is 6.85. The van der Waals surface area contributed by atoms with Crippen LogP contribution in [0.25, 0.3) is 22.2 Å². The molecule has 5 rings (SSSR count). The van der Waals surface area contributed by atoms with Crippen molar-refractivity contribution in [3.05, 3.63) is 78.2 Å². The van der Waals surface area contributed by atoms with Crippen LogP contribution >= 0.6 is 0 Å². The summed E-state index contributed by atoms with van der Waals surface area (Å²) in [6, 6.07) is 18.9. The Kier molecular flexibility index (Phi) is 6.58. The van der Waals surface area contributed by atoms with E-state index in [1.165, 1.54) is 18.1 Å². The Morgan fingerprint density at radius 3 is 2.60 bits per heavy atom. The van der Waals surface area contributed by atoms with Crippen molar-refractivity contribution in [1.29, 1.82) is 0 Å². The molecule has 35 heavy (non-hydrogen) atoms. The molecule has 1 aliphatic carbocycles. The summed E-state index contributed by atoms with van der Waals surface area (Å²) in [5.41, 5.74) is 11.4. The highest BCUT2D eigenvalue weighted by Crippen LogP contribution is 2.42. The first-order chi connectivity index (χ1) is 16.9. The highest BCUT2D eigenvalue weighted by atomic mass is 32.2. The SMILES string of the molecule is CS(=O)(=O)CCc1cccc(-c2cn(C3CC(CNCc4ccccc4)C3)c3ncnc(N)c23)c1. The second kappa shape index (κ2) is 9.79. The maximum Gasteiger partial charge on any atom is 0.147 e. The van der Waals surface area contributed by atoms with E-state index in [-0.39, 0.29) is 5.75 Å². The predicted molar refractivity (Wildman–Crippen MR) is 141 cm³/mol. The monoisotopic (exact) mass is 489 g/mol. The van der Waals surface area contributed by atoms with Crippen molar-refractivity contribution in [2.75, 3.05) is 24.3 Å². The predicted octanol–water partition coefficient (Wildman–Crippen LogP) is 4.01. The summed E-state index contributed by atoms with van der Waals surface area (Å²) >= 11 is 0. The van der Waals surface area contributed by atoms with E-state index in [9.17, 15) is 8.42 Å². The van der Waals surface area contributed by atoms with Gasteiger partial charge in [0, 0.05) is 30.6 Å². The Morgan fingerprint density at radius 2 is 1.83 bits per heavy atom. The number of nitrogen functional groups attached to an aromatic ring is 1. The van der Waals surface area contributed by atoms with Gasteiger partial charge in [-0.15, -0.1) is 0 Å². The van der Waals surface area contributed by atoms with Crippen LogP contribution < -0.4 is 11.1 Å². The van der Waals surface area contributed by atoms with Crippen molar-refractivity contribution in [3.63, 3.8) is 0 Å². The molecule has 8 heteroatoms. The minimum absolute atomic E-state index is 0.130. The standard InChI is InChI=1S/C27H31N5O2S/c1-35(33,34)11-10-19-8-5-9-22(12-19)24-17-32(27-25(24)26(28)30-18-31-27)23-13-21(14-23)16-29-15-20-6-3-2-4-7-20/h2-9,12,17-18,21,23,29H,10-11,13-16H2,1H3,(H2,28,30,31). The molecular weight excluding hydrogens is 458 g/mol. The fourth-order valence-electron chi connectivity index (χ4n) is 4.91. The van der Waals surface area contributed by atoms with Gasteiger partial charge in [0.1, 0.15) is 27.6 Å². The van der Waals surface area contributed by atoms with E-state index < -0.39 is 9.84 Å². The lowest BCUT2D eigenvalue weighted by Crippen LogP contribution is -2.34. The Labute approximate surface area is 206 Å². The molecule has 1 fully saturated rings. The van der Waals surface area contributed by atoms with E-state index in [0.717, 1.165) is 53.7 Å². The first kappa shape index (κ1) is 23.5. The summed E-state index contributed by atoms with van der Waals surface area (Å²) in [6.45, 7) is 1.88. The fourth-order valence-corrected chi connectivity index (χ4v) is 5.52. The van der Waals surface area contributed by atoms with Crippen molar-refractivity contribution in [3.8, 4) is 11.1 Å². The van der Waals surface area contributed by atoms with Crippen LogP contribution in [0, 0.1) is 5.92 Å². The first-order valence-electron chi connectivity index (χ1n) is 12.0. The largest absolute Gasteiger partial charge is 0.383 e. The number of benzene rings is 2. The maximum atomic E-state index is 11.6. The van der Waals surface area contributed by atoms with Gasteiger partial charge in [0.05, 0.1) is 11.1 Å². The number of hydrogen-bond acceptors (Lipinski definition) is 6. The van der Waals surface area contributed by atoms with Gasteiger partial charge in [0.25, 0.3) is 0 Å². The lowest BCUT2D eigenvalue weighted by molar-refractivity contribution is 0.196. The summed E-state index contributed by atoms with van der Waals surface area (Å²) in [5, 5.41) is 4.44. The molecule has 4 aromatic rings. The molecule has 7 nitrogen and oxygen atoms in total. The van der Waals surface area contributed by atoms with Crippen LogP contribution in [-0.2, 0) is 22.8 Å². The second-order valence-corrected chi connectivity index (χ2v) is 11.9. The van der Waals surface area contributed by atoms with Gasteiger partial charge in [-0.2, -0.15) is 0 Å². The number of nitrogens with zero attached hydrogens (tertiary/aromatic N) is 3. The zero-order valence-electron chi connectivity index (χ0n) is 19.9. The summed E-state index contributed by atoms with van der Waals surface area (Å²) < 4.78 is 25.5. The Morgan fingerprint density at radius 1 is 1.06 bits per heavy atom. The van der Waals surface area contributed by atoms with E-state index in [2.05, 4.69) is 50.3 Å². The van der Waals surface area contributed by atoms with E-state index >= 15 is 0 Å². The molecular formula is C27H31N5O2S. The number of nitrogens with two attached hydrogens (primary N) is 1. The minimum atomic E-state index is -3.02. The Hall–Kier alpha value is -3.23. The molecule has 0 aliphatic heterocycles. The molecule has 0 atom stereocenters. The van der Waals surface area contributed by atoms with Crippen molar-refractivity contribution >= 4 is 26.7 Å². The number of aromatic nitrogens is 3. The van der Waals surface area contributed by atoms with E-state index in [0.29, 0.717) is 24.2 Å². The summed E-state index contributed by atoms with van der Waals surface area (Å²) in [7, 11) is -3.02. The third-order valence-corrected chi connectivity index (χ3v) is 7.79. The lowest BCUT2D eigenvalue weighted by atomic mass is 9.80. The van der Waals surface area contributed by atoms with Gasteiger partial charge < -0.3 is 15.6 Å². The van der Waals surface area contributed by atoms with Gasteiger partial charge in [-0.05, 0) is 48.4 Å². The quantitative estimate of drug-likeness (QED) is 0.368. The minimum Gasteiger partial charge on any atom is -0.383 e. The van der Waals surface area contributed by atoms with Crippen LogP contribution in [0.5, 0.6) is 0 Å². The molecule has 2 aromatic heterocycles. The number of aryl methyl sites for hydroxylation is 1. The lowest BCUT2D eigenvalue weighted by Gasteiger charge is -2.36. The van der Waals surface area contributed by atoms with Gasteiger partial charge in [-0.3, -0.25) is 0 Å². The number of hydrogen-bond donors (Lipinski definition) is 2. The van der Waals surface area contributed by atoms with E-state index in [1.807, 2.05) is 30.3 Å². The van der Waals surface area contributed by atoms with Crippen molar-refractivity contribution in [1.82, 2.24) is 19.9 Å². The van der Waals surface area contributed by atoms with Gasteiger partial charge >= 0.3 is 0 Å². The topological polar surface area (TPSA) is 103 Å². The number of fused-ring (bicyclic) bond motifs is 1. The first-order valence-corrected chi connectivity index (χ1v) is 14.1. The summed E-state index contributed by atoms with van der Waals surface area (Å²) in [4.78, 5) is 8.84. The van der Waals surface area contributed by atoms with Crippen LogP contribution in [-0.4, -0.2) is 41.5 Å². The van der Waals surface area contributed by atoms with E-state index in [1.54, 1.807) is 0 Å². The molecule has 0 unspecified atom stereocenters. The van der Waals surface area contributed by atoms with Crippen LogP contribution in [0.4, 0.5) is 5.82 Å². The zero-order chi connectivity index (χ0) is 24.4. The highest BCUT2D eigenvalue weighted by molar-refractivity contribution is 7.90. The van der Waals surface area contributed by atoms with Crippen molar-refractivity contribution in [2.45, 2.75) is 31.8 Å². The smallest absolute Gasteiger partial charge is 0.147 e. The molecule has 0 radical (unpaired) electrons. The van der Waals surface area contributed by atoms with E-state index in [4.69, 9.17) is 5.73 Å². The molecule has 3 N–H and O–H groups in total. The van der Waals surface area contributed by atoms with Gasteiger partial charge in [0.2, 0.25) is 0 Å². The average molecular weight is 490 g/mol. The summed E-state index contributed by atoms with van der Waals surface area (Å²) in [5.74, 6) is 1.22. The number of anilines is 1. The highest BCUT2D eigenvalue weighted by Gasteiger charge is 2.32. The molecule has 2 heterocycles. The van der Waals surface area contributed by atoms with Crippen LogP contribution in [0.1, 0.15) is 30.0 Å². The molecule has 0 amide bonds. The molecule has 0 spiro atoms. The zero-order valence-corrected chi connectivity index (χ0v) is 20.7. The molecule has 0 bridgehead atoms. The van der Waals surface area contributed by atoms with Gasteiger partial charge in [-0.1, -0.05) is 54.6 Å². The molecule has 2 aromatic carbocycles. The molecule has 1 aliphatic rings. The Balaban J connectivity index is 1.33. The maximum absolute atomic E-state index is 11.6. The van der Waals surface area contributed by atoms with Gasteiger partial charge in [0.15, 0.2) is 0 Å². The summed E-state index contributed by atoms with van der Waals surface area (Å²) in [6.07, 6.45) is 7.59. The van der Waals surface area contributed by atoms with Crippen molar-refractivity contribution in [2.24, 2.45) is 5.92 Å². The average Bonchev–Trinajstić information content (AvgIpc) is 3.20. The third kappa shape index (κ3) is 5.39. The fraction of sp³-hybridized carbons (Fsp3) is 0.333. The van der Waals surface area contributed by atoms with Gasteiger partial charge in [-0.25, -0.2) is 18.4 Å². The van der Waals surface area contributed by atoms with Crippen LogP contribution in [0.3, 0.4) is 0 Å².